The minimum Gasteiger partial charge on any atom is -0.478 e. The van der Waals surface area contributed by atoms with E-state index in [1.807, 2.05) is 0 Å². The molecule has 1 N–H and O–H groups in total. The van der Waals surface area contributed by atoms with E-state index in [0.29, 0.717) is 22.2 Å². The molecule has 6 heteroatoms. The zero-order valence-corrected chi connectivity index (χ0v) is 11.6. The first-order valence-corrected chi connectivity index (χ1v) is 6.28. The lowest BCUT2D eigenvalue weighted by atomic mass is 9.96. The molecule has 0 unspecified atom stereocenters. The average molecular weight is 315 g/mol. The molecule has 0 fully saturated rings. The van der Waals surface area contributed by atoms with E-state index >= 15 is 0 Å². The van der Waals surface area contributed by atoms with Crippen LogP contribution in [0.4, 0.5) is 13.2 Å². The molecule has 0 atom stereocenters. The molecule has 2 aromatic carbocycles. The fraction of sp³-hybridized carbons (Fsp3) is 0.133. The largest absolute Gasteiger partial charge is 0.478 e. The summed E-state index contributed by atoms with van der Waals surface area (Å²) in [5, 5.41) is 9.43. The second-order valence-corrected chi connectivity index (χ2v) is 5.00. The standard InChI is InChI=1S/C15H10ClF3O2/c1-8-4-12(16)2-3-13(8)9-5-10(14(20)21)7-11(6-9)15(17,18)19/h2-7H,1H3,(H,20,21). The van der Waals surface area contributed by atoms with Gasteiger partial charge in [-0.3, -0.25) is 0 Å². The summed E-state index contributed by atoms with van der Waals surface area (Å²) in [4.78, 5) is 11.0. The number of hydrogen-bond donors (Lipinski definition) is 1. The molecule has 0 aromatic heterocycles. The Morgan fingerprint density at radius 3 is 2.33 bits per heavy atom. The predicted molar refractivity (Wildman–Crippen MR) is 73.6 cm³/mol. The van der Waals surface area contributed by atoms with Crippen molar-refractivity contribution >= 4 is 17.6 Å². The van der Waals surface area contributed by atoms with E-state index < -0.39 is 23.3 Å². The van der Waals surface area contributed by atoms with Gasteiger partial charge < -0.3 is 5.11 Å². The van der Waals surface area contributed by atoms with Gasteiger partial charge in [-0.25, -0.2) is 4.79 Å². The molecular formula is C15H10ClF3O2. The summed E-state index contributed by atoms with van der Waals surface area (Å²) in [5.41, 5.74) is -0.0384. The van der Waals surface area contributed by atoms with E-state index in [1.54, 1.807) is 25.1 Å². The third kappa shape index (κ3) is 3.36. The number of alkyl halides is 3. The zero-order valence-electron chi connectivity index (χ0n) is 10.8. The van der Waals surface area contributed by atoms with E-state index in [-0.39, 0.29) is 5.56 Å². The van der Waals surface area contributed by atoms with Gasteiger partial charge in [0.05, 0.1) is 11.1 Å². The fourth-order valence-electron chi connectivity index (χ4n) is 2.02. The molecule has 0 saturated heterocycles. The van der Waals surface area contributed by atoms with Crippen molar-refractivity contribution in [2.24, 2.45) is 0 Å². The number of benzene rings is 2. The van der Waals surface area contributed by atoms with Crippen molar-refractivity contribution in [3.63, 3.8) is 0 Å². The quantitative estimate of drug-likeness (QED) is 0.844. The molecule has 2 aromatic rings. The molecule has 0 aliphatic carbocycles. The molecule has 0 bridgehead atoms. The molecule has 21 heavy (non-hydrogen) atoms. The Morgan fingerprint density at radius 2 is 1.81 bits per heavy atom. The lowest BCUT2D eigenvalue weighted by Gasteiger charge is -2.12. The van der Waals surface area contributed by atoms with Gasteiger partial charge in [0.25, 0.3) is 0 Å². The minimum absolute atomic E-state index is 0.191. The Kier molecular flexibility index (Phi) is 3.96. The summed E-state index contributed by atoms with van der Waals surface area (Å²) >= 11 is 5.82. The highest BCUT2D eigenvalue weighted by atomic mass is 35.5. The number of aromatic carboxylic acids is 1. The van der Waals surface area contributed by atoms with E-state index in [2.05, 4.69) is 0 Å². The Hall–Kier alpha value is -2.01. The van der Waals surface area contributed by atoms with Crippen LogP contribution in [-0.4, -0.2) is 11.1 Å². The van der Waals surface area contributed by atoms with Gasteiger partial charge in [-0.05, 0) is 53.9 Å². The highest BCUT2D eigenvalue weighted by molar-refractivity contribution is 6.30. The van der Waals surface area contributed by atoms with Crippen molar-refractivity contribution in [3.05, 3.63) is 58.1 Å². The first kappa shape index (κ1) is 15.4. The first-order valence-electron chi connectivity index (χ1n) is 5.90. The molecule has 0 amide bonds. The number of carbonyl (C=O) groups is 1. The summed E-state index contributed by atoms with van der Waals surface area (Å²) in [6.07, 6.45) is -4.61. The summed E-state index contributed by atoms with van der Waals surface area (Å²) < 4.78 is 38.6. The topological polar surface area (TPSA) is 37.3 Å². The molecule has 110 valence electrons. The summed E-state index contributed by atoms with van der Waals surface area (Å²) in [6.45, 7) is 1.70. The van der Waals surface area contributed by atoms with Crippen molar-refractivity contribution in [2.75, 3.05) is 0 Å². The number of hydrogen-bond acceptors (Lipinski definition) is 1. The predicted octanol–water partition coefficient (Wildman–Crippen LogP) is 5.03. The molecule has 0 aliphatic heterocycles. The SMILES string of the molecule is Cc1cc(Cl)ccc1-c1cc(C(=O)O)cc(C(F)(F)F)c1. The van der Waals surface area contributed by atoms with Gasteiger partial charge in [-0.1, -0.05) is 17.7 Å². The van der Waals surface area contributed by atoms with Gasteiger partial charge in [0.15, 0.2) is 0 Å². The summed E-state index contributed by atoms with van der Waals surface area (Å²) in [5.74, 6) is -1.41. The molecule has 0 saturated carbocycles. The molecule has 2 nitrogen and oxygen atoms in total. The maximum absolute atomic E-state index is 12.9. The lowest BCUT2D eigenvalue weighted by Crippen LogP contribution is -2.08. The van der Waals surface area contributed by atoms with Crippen LogP contribution in [0, 0.1) is 6.92 Å². The molecular weight excluding hydrogens is 305 g/mol. The van der Waals surface area contributed by atoms with E-state index in [4.69, 9.17) is 16.7 Å². The third-order valence-electron chi connectivity index (χ3n) is 3.01. The van der Waals surface area contributed by atoms with Crippen LogP contribution >= 0.6 is 11.6 Å². The second-order valence-electron chi connectivity index (χ2n) is 4.56. The van der Waals surface area contributed by atoms with Crippen molar-refractivity contribution in [1.82, 2.24) is 0 Å². The van der Waals surface area contributed by atoms with Crippen LogP contribution in [0.1, 0.15) is 21.5 Å². The van der Waals surface area contributed by atoms with Crippen LogP contribution in [0.15, 0.2) is 36.4 Å². The third-order valence-corrected chi connectivity index (χ3v) is 3.24. The Morgan fingerprint density at radius 1 is 1.14 bits per heavy atom. The molecule has 0 spiro atoms. The molecule has 0 heterocycles. The highest BCUT2D eigenvalue weighted by Crippen LogP contribution is 2.34. The first-order chi connectivity index (χ1) is 9.68. The Labute approximate surface area is 123 Å². The van der Waals surface area contributed by atoms with Gasteiger partial charge in [-0.15, -0.1) is 0 Å². The van der Waals surface area contributed by atoms with Gasteiger partial charge in [0.2, 0.25) is 0 Å². The van der Waals surface area contributed by atoms with Gasteiger partial charge >= 0.3 is 12.1 Å². The number of aryl methyl sites for hydroxylation is 1. The van der Waals surface area contributed by atoms with Gasteiger partial charge in [0.1, 0.15) is 0 Å². The van der Waals surface area contributed by atoms with Crippen LogP contribution in [-0.2, 0) is 6.18 Å². The normalized spacial score (nSPS) is 11.5. The monoisotopic (exact) mass is 314 g/mol. The van der Waals surface area contributed by atoms with Crippen LogP contribution in [0.2, 0.25) is 5.02 Å². The number of rotatable bonds is 2. The minimum atomic E-state index is -4.61. The fourth-order valence-corrected chi connectivity index (χ4v) is 2.25. The van der Waals surface area contributed by atoms with Gasteiger partial charge in [0, 0.05) is 5.02 Å². The molecule has 2 rings (SSSR count). The van der Waals surface area contributed by atoms with Crippen molar-refractivity contribution < 1.29 is 23.1 Å². The van der Waals surface area contributed by atoms with Crippen LogP contribution < -0.4 is 0 Å². The van der Waals surface area contributed by atoms with Gasteiger partial charge in [-0.2, -0.15) is 13.2 Å². The van der Waals surface area contributed by atoms with Crippen molar-refractivity contribution in [2.45, 2.75) is 13.1 Å². The summed E-state index contributed by atoms with van der Waals surface area (Å²) in [7, 11) is 0. The second kappa shape index (κ2) is 5.41. The maximum atomic E-state index is 12.9. The molecule has 0 aliphatic rings. The average Bonchev–Trinajstić information content (AvgIpc) is 2.37. The number of carboxylic acid groups (broad SMARTS) is 1. The number of carboxylic acids is 1. The van der Waals surface area contributed by atoms with Crippen LogP contribution in [0.25, 0.3) is 11.1 Å². The zero-order chi connectivity index (χ0) is 15.8. The van der Waals surface area contributed by atoms with E-state index in [1.165, 1.54) is 6.07 Å². The van der Waals surface area contributed by atoms with Crippen molar-refractivity contribution in [1.29, 1.82) is 0 Å². The Balaban J connectivity index is 2.68. The lowest BCUT2D eigenvalue weighted by molar-refractivity contribution is -0.137. The smallest absolute Gasteiger partial charge is 0.416 e. The van der Waals surface area contributed by atoms with E-state index in [9.17, 15) is 18.0 Å². The Bertz CT molecular complexity index is 709. The maximum Gasteiger partial charge on any atom is 0.416 e. The van der Waals surface area contributed by atoms with Crippen LogP contribution in [0.5, 0.6) is 0 Å². The van der Waals surface area contributed by atoms with Crippen LogP contribution in [0.3, 0.4) is 0 Å². The highest BCUT2D eigenvalue weighted by Gasteiger charge is 2.32. The van der Waals surface area contributed by atoms with E-state index in [0.717, 1.165) is 6.07 Å². The van der Waals surface area contributed by atoms with Crippen molar-refractivity contribution in [3.8, 4) is 11.1 Å². The number of halogens is 4. The summed E-state index contributed by atoms with van der Waals surface area (Å²) in [6, 6.07) is 7.49. The molecule has 0 radical (unpaired) electrons.